The van der Waals surface area contributed by atoms with Gasteiger partial charge in [0.15, 0.2) is 0 Å². The SMILES string of the molecule is O=C([O-])c1cccc(NC(=O)c2cc3cc([N+](=O)[O-])ccc3oc2=O)c1. The van der Waals surface area contributed by atoms with E-state index in [4.69, 9.17) is 4.42 Å². The Morgan fingerprint density at radius 3 is 2.54 bits per heavy atom. The molecule has 1 aromatic heterocycles. The van der Waals surface area contributed by atoms with Crippen molar-refractivity contribution in [2.45, 2.75) is 0 Å². The summed E-state index contributed by atoms with van der Waals surface area (Å²) in [6, 6.07) is 10.1. The van der Waals surface area contributed by atoms with Crippen molar-refractivity contribution in [1.29, 1.82) is 0 Å². The van der Waals surface area contributed by atoms with Gasteiger partial charge in [0.05, 0.1) is 10.9 Å². The summed E-state index contributed by atoms with van der Waals surface area (Å²) >= 11 is 0. The van der Waals surface area contributed by atoms with Gasteiger partial charge in [-0.2, -0.15) is 0 Å². The zero-order valence-corrected chi connectivity index (χ0v) is 12.9. The molecule has 0 aliphatic rings. The van der Waals surface area contributed by atoms with Crippen LogP contribution in [0.3, 0.4) is 0 Å². The van der Waals surface area contributed by atoms with Crippen LogP contribution in [-0.4, -0.2) is 16.8 Å². The molecule has 2 aromatic carbocycles. The number of anilines is 1. The smallest absolute Gasteiger partial charge is 0.349 e. The van der Waals surface area contributed by atoms with Gasteiger partial charge in [0.2, 0.25) is 0 Å². The monoisotopic (exact) mass is 353 g/mol. The molecule has 9 nitrogen and oxygen atoms in total. The van der Waals surface area contributed by atoms with Crippen molar-refractivity contribution in [3.8, 4) is 0 Å². The molecule has 0 saturated carbocycles. The number of fused-ring (bicyclic) bond motifs is 1. The fourth-order valence-electron chi connectivity index (χ4n) is 2.31. The van der Waals surface area contributed by atoms with E-state index >= 15 is 0 Å². The van der Waals surface area contributed by atoms with Crippen LogP contribution in [0, 0.1) is 10.1 Å². The van der Waals surface area contributed by atoms with Crippen molar-refractivity contribution in [3.63, 3.8) is 0 Å². The molecule has 3 aromatic rings. The van der Waals surface area contributed by atoms with Gasteiger partial charge >= 0.3 is 5.63 Å². The fraction of sp³-hybridized carbons (Fsp3) is 0. The summed E-state index contributed by atoms with van der Waals surface area (Å²) in [4.78, 5) is 45.4. The molecule has 130 valence electrons. The number of nitro groups is 1. The van der Waals surface area contributed by atoms with Gasteiger partial charge in [-0.05, 0) is 29.8 Å². The summed E-state index contributed by atoms with van der Waals surface area (Å²) < 4.78 is 5.01. The predicted octanol–water partition coefficient (Wildman–Crippen LogP) is 1.32. The molecule has 3 rings (SSSR count). The summed E-state index contributed by atoms with van der Waals surface area (Å²) in [5.74, 6) is -2.26. The van der Waals surface area contributed by atoms with Crippen LogP contribution in [0.15, 0.2) is 57.7 Å². The lowest BCUT2D eigenvalue weighted by Gasteiger charge is -2.08. The molecule has 1 heterocycles. The number of carboxylic acid groups (broad SMARTS) is 1. The van der Waals surface area contributed by atoms with Gasteiger partial charge in [-0.3, -0.25) is 14.9 Å². The van der Waals surface area contributed by atoms with Gasteiger partial charge < -0.3 is 19.6 Å². The van der Waals surface area contributed by atoms with Crippen molar-refractivity contribution in [2.75, 3.05) is 5.32 Å². The molecule has 0 saturated heterocycles. The number of hydrogen-bond donors (Lipinski definition) is 1. The van der Waals surface area contributed by atoms with E-state index in [0.29, 0.717) is 0 Å². The van der Waals surface area contributed by atoms with E-state index in [9.17, 15) is 29.6 Å². The summed E-state index contributed by atoms with van der Waals surface area (Å²) in [5, 5.41) is 24.3. The summed E-state index contributed by atoms with van der Waals surface area (Å²) in [5.41, 5.74) is -1.45. The average Bonchev–Trinajstić information content (AvgIpc) is 2.60. The number of rotatable bonds is 4. The highest BCUT2D eigenvalue weighted by molar-refractivity contribution is 6.06. The minimum absolute atomic E-state index is 0.0936. The van der Waals surface area contributed by atoms with E-state index in [1.807, 2.05) is 0 Å². The normalized spacial score (nSPS) is 10.5. The Morgan fingerprint density at radius 1 is 1.08 bits per heavy atom. The lowest BCUT2D eigenvalue weighted by molar-refractivity contribution is -0.384. The maximum absolute atomic E-state index is 12.3. The average molecular weight is 353 g/mol. The molecule has 0 unspecified atom stereocenters. The second-order valence-corrected chi connectivity index (χ2v) is 5.25. The van der Waals surface area contributed by atoms with Crippen LogP contribution < -0.4 is 16.0 Å². The quantitative estimate of drug-likeness (QED) is 0.423. The number of nitro benzene ring substituents is 1. The Hall–Kier alpha value is -4.01. The molecule has 1 amide bonds. The Labute approximate surface area is 144 Å². The Balaban J connectivity index is 1.98. The Bertz CT molecular complexity index is 1120. The maximum Gasteiger partial charge on any atom is 0.349 e. The van der Waals surface area contributed by atoms with E-state index in [1.54, 1.807) is 0 Å². The van der Waals surface area contributed by atoms with Gasteiger partial charge in [0.1, 0.15) is 11.1 Å². The van der Waals surface area contributed by atoms with E-state index < -0.39 is 22.4 Å². The molecule has 0 aliphatic heterocycles. The van der Waals surface area contributed by atoms with Gasteiger partial charge in [0, 0.05) is 23.2 Å². The number of carbonyl (C=O) groups is 2. The van der Waals surface area contributed by atoms with Gasteiger partial charge in [-0.1, -0.05) is 12.1 Å². The van der Waals surface area contributed by atoms with Crippen LogP contribution in [0.5, 0.6) is 0 Å². The van der Waals surface area contributed by atoms with E-state index in [2.05, 4.69) is 5.32 Å². The topological polar surface area (TPSA) is 143 Å². The molecule has 0 bridgehead atoms. The highest BCUT2D eigenvalue weighted by Crippen LogP contribution is 2.21. The summed E-state index contributed by atoms with van der Waals surface area (Å²) in [7, 11) is 0. The third kappa shape index (κ3) is 3.26. The fourth-order valence-corrected chi connectivity index (χ4v) is 2.31. The van der Waals surface area contributed by atoms with E-state index in [-0.39, 0.29) is 33.5 Å². The van der Waals surface area contributed by atoms with Gasteiger partial charge in [-0.15, -0.1) is 0 Å². The molecular formula is C17H9N2O7-. The molecule has 1 N–H and O–H groups in total. The van der Waals surface area contributed by atoms with Crippen LogP contribution >= 0.6 is 0 Å². The van der Waals surface area contributed by atoms with Gasteiger partial charge in [0.25, 0.3) is 11.6 Å². The third-order valence-electron chi connectivity index (χ3n) is 3.53. The number of nitrogens with zero attached hydrogens (tertiary/aromatic N) is 1. The standard InChI is InChI=1S/C17H10N2O7/c20-15(18-11-3-1-2-9(6-11)16(21)22)13-8-10-7-12(19(24)25)4-5-14(10)26-17(13)23/h1-8H,(H,18,20)(H,21,22)/p-1. The number of amides is 1. The number of carbonyl (C=O) groups excluding carboxylic acids is 2. The Kier molecular flexibility index (Phi) is 4.19. The first-order chi connectivity index (χ1) is 12.3. The van der Waals surface area contributed by atoms with E-state index in [0.717, 1.165) is 0 Å². The molecule has 0 radical (unpaired) electrons. The number of nitrogens with one attached hydrogen (secondary N) is 1. The number of benzene rings is 2. The molecular weight excluding hydrogens is 344 g/mol. The van der Waals surface area contributed by atoms with Crippen LogP contribution in [0.4, 0.5) is 11.4 Å². The first-order valence-corrected chi connectivity index (χ1v) is 7.20. The molecule has 26 heavy (non-hydrogen) atoms. The zero-order chi connectivity index (χ0) is 18.8. The van der Waals surface area contributed by atoms with Crippen molar-refractivity contribution < 1.29 is 24.0 Å². The minimum atomic E-state index is -1.42. The first kappa shape index (κ1) is 16.8. The molecule has 0 atom stereocenters. The summed E-state index contributed by atoms with van der Waals surface area (Å²) in [6.07, 6.45) is 0. The number of carboxylic acids is 1. The molecule has 9 heteroatoms. The van der Waals surface area contributed by atoms with Crippen LogP contribution in [0.2, 0.25) is 0 Å². The van der Waals surface area contributed by atoms with Crippen LogP contribution in [-0.2, 0) is 0 Å². The highest BCUT2D eigenvalue weighted by atomic mass is 16.6. The second-order valence-electron chi connectivity index (χ2n) is 5.25. The molecule has 0 spiro atoms. The predicted molar refractivity (Wildman–Crippen MR) is 87.9 cm³/mol. The lowest BCUT2D eigenvalue weighted by Crippen LogP contribution is -2.23. The molecule has 0 fully saturated rings. The number of non-ortho nitro benzene ring substituents is 1. The van der Waals surface area contributed by atoms with Crippen molar-refractivity contribution >= 4 is 34.2 Å². The largest absolute Gasteiger partial charge is 0.545 e. The minimum Gasteiger partial charge on any atom is -0.545 e. The maximum atomic E-state index is 12.3. The number of hydrogen-bond acceptors (Lipinski definition) is 7. The third-order valence-corrected chi connectivity index (χ3v) is 3.53. The van der Waals surface area contributed by atoms with Crippen molar-refractivity contribution in [3.05, 3.63) is 80.2 Å². The Morgan fingerprint density at radius 2 is 1.85 bits per heavy atom. The zero-order valence-electron chi connectivity index (χ0n) is 12.9. The summed E-state index contributed by atoms with van der Waals surface area (Å²) in [6.45, 7) is 0. The highest BCUT2D eigenvalue weighted by Gasteiger charge is 2.16. The van der Waals surface area contributed by atoms with Crippen molar-refractivity contribution in [1.82, 2.24) is 0 Å². The van der Waals surface area contributed by atoms with Gasteiger partial charge in [-0.25, -0.2) is 4.79 Å². The second kappa shape index (κ2) is 6.48. The van der Waals surface area contributed by atoms with Crippen molar-refractivity contribution in [2.24, 2.45) is 0 Å². The van der Waals surface area contributed by atoms with E-state index in [1.165, 1.54) is 48.5 Å². The number of aromatic carboxylic acids is 1. The first-order valence-electron chi connectivity index (χ1n) is 7.20. The lowest BCUT2D eigenvalue weighted by atomic mass is 10.1. The van der Waals surface area contributed by atoms with Crippen LogP contribution in [0.25, 0.3) is 11.0 Å². The molecule has 0 aliphatic carbocycles. The van der Waals surface area contributed by atoms with Crippen LogP contribution in [0.1, 0.15) is 20.7 Å².